The SMILES string of the molecule is C=C1[C@@H](O)[C@H](n2cc(C)c(=O)[nH]c2=O)O[C@@H]1CO. The summed E-state index contributed by atoms with van der Waals surface area (Å²) in [4.78, 5) is 25.0. The minimum atomic E-state index is -1.11. The summed E-state index contributed by atoms with van der Waals surface area (Å²) < 4.78 is 6.42. The largest absolute Gasteiger partial charge is 0.393 e. The Labute approximate surface area is 102 Å². The van der Waals surface area contributed by atoms with Gasteiger partial charge >= 0.3 is 5.69 Å². The van der Waals surface area contributed by atoms with E-state index in [1.807, 2.05) is 0 Å². The number of aliphatic hydroxyl groups excluding tert-OH is 2. The number of ether oxygens (including phenoxy) is 1. The maximum Gasteiger partial charge on any atom is 0.330 e. The molecule has 0 aliphatic carbocycles. The highest BCUT2D eigenvalue weighted by Crippen LogP contribution is 2.31. The molecule has 2 rings (SSSR count). The van der Waals surface area contributed by atoms with Crippen LogP contribution in [0.15, 0.2) is 27.9 Å². The molecule has 18 heavy (non-hydrogen) atoms. The molecule has 98 valence electrons. The summed E-state index contributed by atoms with van der Waals surface area (Å²) in [7, 11) is 0. The number of nitrogens with one attached hydrogen (secondary N) is 1. The maximum absolute atomic E-state index is 11.7. The van der Waals surface area contributed by atoms with Gasteiger partial charge in [-0.05, 0) is 12.5 Å². The first kappa shape index (κ1) is 12.7. The molecule has 1 aromatic rings. The summed E-state index contributed by atoms with van der Waals surface area (Å²) in [5.74, 6) is 0. The Kier molecular flexibility index (Phi) is 3.20. The number of rotatable bonds is 2. The summed E-state index contributed by atoms with van der Waals surface area (Å²) >= 11 is 0. The van der Waals surface area contributed by atoms with Crippen molar-refractivity contribution in [1.29, 1.82) is 0 Å². The summed E-state index contributed by atoms with van der Waals surface area (Å²) in [6.45, 7) is 4.82. The van der Waals surface area contributed by atoms with Gasteiger partial charge in [0.05, 0.1) is 6.61 Å². The van der Waals surface area contributed by atoms with Crippen molar-refractivity contribution in [3.8, 4) is 0 Å². The quantitative estimate of drug-likeness (QED) is 0.566. The first-order valence-corrected chi connectivity index (χ1v) is 5.41. The minimum absolute atomic E-state index is 0.304. The molecule has 1 aliphatic rings. The van der Waals surface area contributed by atoms with Gasteiger partial charge in [-0.25, -0.2) is 4.79 Å². The van der Waals surface area contributed by atoms with E-state index in [0.717, 1.165) is 4.57 Å². The third-order valence-electron chi connectivity index (χ3n) is 2.95. The molecule has 3 N–H and O–H groups in total. The van der Waals surface area contributed by atoms with E-state index in [1.54, 1.807) is 0 Å². The van der Waals surface area contributed by atoms with Gasteiger partial charge in [0.15, 0.2) is 6.23 Å². The van der Waals surface area contributed by atoms with Crippen LogP contribution in [-0.2, 0) is 4.74 Å². The van der Waals surface area contributed by atoms with Crippen LogP contribution < -0.4 is 11.2 Å². The molecule has 0 spiro atoms. The maximum atomic E-state index is 11.7. The number of hydrogen-bond donors (Lipinski definition) is 3. The first-order valence-electron chi connectivity index (χ1n) is 5.41. The molecule has 0 amide bonds. The lowest BCUT2D eigenvalue weighted by Crippen LogP contribution is -2.36. The van der Waals surface area contributed by atoms with Crippen LogP contribution in [0.1, 0.15) is 11.8 Å². The summed E-state index contributed by atoms with van der Waals surface area (Å²) in [6.07, 6.45) is -1.51. The van der Waals surface area contributed by atoms with E-state index in [2.05, 4.69) is 11.6 Å². The highest BCUT2D eigenvalue weighted by Gasteiger charge is 2.38. The molecule has 0 unspecified atom stereocenters. The third kappa shape index (κ3) is 1.92. The second-order valence-electron chi connectivity index (χ2n) is 4.20. The molecule has 1 aliphatic heterocycles. The number of aromatic nitrogens is 2. The lowest BCUT2D eigenvalue weighted by molar-refractivity contribution is -0.0528. The molecule has 0 radical (unpaired) electrons. The predicted octanol–water partition coefficient (Wildman–Crippen LogP) is -1.35. The van der Waals surface area contributed by atoms with Gasteiger partial charge in [-0.1, -0.05) is 6.58 Å². The lowest BCUT2D eigenvalue weighted by atomic mass is 10.1. The zero-order chi connectivity index (χ0) is 13.4. The predicted molar refractivity (Wildman–Crippen MR) is 62.2 cm³/mol. The number of hydrogen-bond acceptors (Lipinski definition) is 5. The van der Waals surface area contributed by atoms with Crippen LogP contribution in [0.5, 0.6) is 0 Å². The van der Waals surface area contributed by atoms with E-state index in [1.165, 1.54) is 13.1 Å². The molecular weight excluding hydrogens is 240 g/mol. The fourth-order valence-electron chi connectivity index (χ4n) is 1.86. The normalized spacial score (nSPS) is 27.7. The van der Waals surface area contributed by atoms with E-state index >= 15 is 0 Å². The van der Waals surface area contributed by atoms with Gasteiger partial charge < -0.3 is 14.9 Å². The molecular formula is C11H14N2O5. The number of nitrogens with zero attached hydrogens (tertiary/aromatic N) is 1. The lowest BCUT2D eigenvalue weighted by Gasteiger charge is -2.16. The fourth-order valence-corrected chi connectivity index (χ4v) is 1.86. The fraction of sp³-hybridized carbons (Fsp3) is 0.455. The van der Waals surface area contributed by atoms with Gasteiger partial charge in [0.25, 0.3) is 5.56 Å². The van der Waals surface area contributed by atoms with Gasteiger partial charge in [0, 0.05) is 11.8 Å². The molecule has 2 heterocycles. The zero-order valence-corrected chi connectivity index (χ0v) is 9.79. The van der Waals surface area contributed by atoms with Crippen LogP contribution in [-0.4, -0.2) is 38.6 Å². The topological polar surface area (TPSA) is 105 Å². The number of aryl methyl sites for hydroxylation is 1. The van der Waals surface area contributed by atoms with Crippen molar-refractivity contribution < 1.29 is 14.9 Å². The highest BCUT2D eigenvalue weighted by atomic mass is 16.5. The van der Waals surface area contributed by atoms with Crippen molar-refractivity contribution in [2.24, 2.45) is 0 Å². The van der Waals surface area contributed by atoms with Gasteiger partial charge in [0.1, 0.15) is 12.2 Å². The van der Waals surface area contributed by atoms with E-state index < -0.39 is 29.7 Å². The highest BCUT2D eigenvalue weighted by molar-refractivity contribution is 5.16. The summed E-state index contributed by atoms with van der Waals surface area (Å²) in [5, 5.41) is 19.0. The van der Waals surface area contributed by atoms with Crippen molar-refractivity contribution in [3.05, 3.63) is 44.8 Å². The molecule has 3 atom stereocenters. The first-order chi connectivity index (χ1) is 8.45. The molecule has 7 heteroatoms. The number of H-pyrrole nitrogens is 1. The van der Waals surface area contributed by atoms with Gasteiger partial charge in [-0.15, -0.1) is 0 Å². The average molecular weight is 254 g/mol. The minimum Gasteiger partial charge on any atom is -0.393 e. The summed E-state index contributed by atoms with van der Waals surface area (Å²) in [5.41, 5.74) is -0.538. The Bertz CT molecular complexity index is 588. The molecule has 1 aromatic heterocycles. The summed E-state index contributed by atoms with van der Waals surface area (Å²) in [6, 6.07) is 0. The van der Waals surface area contributed by atoms with E-state index in [0.29, 0.717) is 11.1 Å². The molecule has 7 nitrogen and oxygen atoms in total. The molecule has 0 aromatic carbocycles. The van der Waals surface area contributed by atoms with Crippen LogP contribution in [0.25, 0.3) is 0 Å². The van der Waals surface area contributed by atoms with Crippen molar-refractivity contribution in [3.63, 3.8) is 0 Å². The molecule has 0 bridgehead atoms. The Morgan fingerprint density at radius 2 is 2.22 bits per heavy atom. The van der Waals surface area contributed by atoms with Crippen molar-refractivity contribution >= 4 is 0 Å². The van der Waals surface area contributed by atoms with E-state index in [4.69, 9.17) is 9.84 Å². The van der Waals surface area contributed by atoms with Crippen molar-refractivity contribution in [2.75, 3.05) is 6.61 Å². The number of aromatic amines is 1. The van der Waals surface area contributed by atoms with Gasteiger partial charge in [-0.2, -0.15) is 0 Å². The van der Waals surface area contributed by atoms with Crippen LogP contribution >= 0.6 is 0 Å². The molecule has 1 saturated heterocycles. The third-order valence-corrected chi connectivity index (χ3v) is 2.95. The Hall–Kier alpha value is -1.70. The van der Waals surface area contributed by atoms with Crippen LogP contribution in [0.2, 0.25) is 0 Å². The number of aliphatic hydroxyl groups is 2. The van der Waals surface area contributed by atoms with Gasteiger partial charge in [-0.3, -0.25) is 14.3 Å². The van der Waals surface area contributed by atoms with Crippen LogP contribution in [0, 0.1) is 6.92 Å². The Morgan fingerprint density at radius 3 is 2.78 bits per heavy atom. The van der Waals surface area contributed by atoms with Crippen LogP contribution in [0.4, 0.5) is 0 Å². The zero-order valence-electron chi connectivity index (χ0n) is 9.79. The Morgan fingerprint density at radius 1 is 1.56 bits per heavy atom. The average Bonchev–Trinajstić information content (AvgIpc) is 2.61. The van der Waals surface area contributed by atoms with Crippen LogP contribution in [0.3, 0.4) is 0 Å². The van der Waals surface area contributed by atoms with Crippen molar-refractivity contribution in [1.82, 2.24) is 9.55 Å². The smallest absolute Gasteiger partial charge is 0.330 e. The van der Waals surface area contributed by atoms with E-state index in [-0.39, 0.29) is 6.61 Å². The van der Waals surface area contributed by atoms with Crippen molar-refractivity contribution in [2.45, 2.75) is 25.4 Å². The second kappa shape index (κ2) is 4.52. The Balaban J connectivity index is 2.45. The molecule has 0 saturated carbocycles. The standard InChI is InChI=1S/C11H14N2O5/c1-5-3-13(11(17)12-9(5)16)10-8(15)6(2)7(4-14)18-10/h3,7-8,10,14-15H,2,4H2,1H3,(H,12,16,17)/t7-,8-,10-/m1/s1. The van der Waals surface area contributed by atoms with E-state index in [9.17, 15) is 14.7 Å². The van der Waals surface area contributed by atoms with Gasteiger partial charge in [0.2, 0.25) is 0 Å². The second-order valence-corrected chi connectivity index (χ2v) is 4.20. The molecule has 1 fully saturated rings. The monoisotopic (exact) mass is 254 g/mol.